The molecule has 17 nitrogen and oxygen atoms in total. The van der Waals surface area contributed by atoms with E-state index in [9.17, 15) is 14.4 Å². The van der Waals surface area contributed by atoms with Gasteiger partial charge in [-0.15, -0.1) is 0 Å². The van der Waals surface area contributed by atoms with Crippen molar-refractivity contribution in [3.8, 4) is 57.1 Å². The molecule has 7 N–H and O–H groups in total. The number of fused-ring (bicyclic) bond motifs is 24. The van der Waals surface area contributed by atoms with E-state index in [2.05, 4.69) is 170 Å². The number of rotatable bonds is 9. The number of aromatic nitrogens is 12. The van der Waals surface area contributed by atoms with Crippen LogP contribution in [0.5, 0.6) is 0 Å². The minimum absolute atomic E-state index is 0.196. The van der Waals surface area contributed by atoms with Gasteiger partial charge in [0.25, 0.3) is 5.91 Å². The van der Waals surface area contributed by atoms with Gasteiger partial charge < -0.3 is 40.1 Å². The first-order valence-corrected chi connectivity index (χ1v) is 35.8. The summed E-state index contributed by atoms with van der Waals surface area (Å²) in [4.78, 5) is 90.9. The predicted octanol–water partition coefficient (Wildman–Crippen LogP) is 17.7. The average molecular weight is 1420 g/mol. The molecule has 0 aliphatic carbocycles. The van der Waals surface area contributed by atoms with Crippen LogP contribution in [0.2, 0.25) is 0 Å². The van der Waals surface area contributed by atoms with Crippen molar-refractivity contribution in [3.63, 3.8) is 0 Å². The molecule has 0 saturated heterocycles. The van der Waals surface area contributed by atoms with Gasteiger partial charge in [0, 0.05) is 138 Å². The van der Waals surface area contributed by atoms with Crippen LogP contribution < -0.4 is 5.32 Å². The fourth-order valence-corrected chi connectivity index (χ4v) is 14.2. The summed E-state index contributed by atoms with van der Waals surface area (Å²) >= 11 is 0. The lowest BCUT2D eigenvalue weighted by Crippen LogP contribution is -2.35. The van der Waals surface area contributed by atoms with E-state index in [-0.39, 0.29) is 30.3 Å². The van der Waals surface area contributed by atoms with Gasteiger partial charge >= 0.3 is 0 Å². The van der Waals surface area contributed by atoms with E-state index in [0.29, 0.717) is 29.7 Å². The molecule has 2 amide bonds. The summed E-state index contributed by atoms with van der Waals surface area (Å²) in [5, 5.41) is 2.93. The zero-order chi connectivity index (χ0) is 73.7. The Bertz CT molecular complexity index is 6730. The van der Waals surface area contributed by atoms with Crippen molar-refractivity contribution < 1.29 is 14.4 Å². The monoisotopic (exact) mass is 1410 g/mol. The second kappa shape index (κ2) is 27.7. The third-order valence-electron chi connectivity index (χ3n) is 19.7. The highest BCUT2D eigenvalue weighted by atomic mass is 16.2. The smallest absolute Gasteiger partial charge is 0.251 e. The first-order valence-electron chi connectivity index (χ1n) is 35.8. The van der Waals surface area contributed by atoms with Crippen LogP contribution in [0.25, 0.3) is 160 Å². The number of hydrogen-bond donors (Lipinski definition) is 7. The summed E-state index contributed by atoms with van der Waals surface area (Å²) in [6.07, 6.45) is 23.8. The molecule has 0 saturated carbocycles. The van der Waals surface area contributed by atoms with Gasteiger partial charge in [0.1, 0.15) is 6.29 Å². The van der Waals surface area contributed by atoms with E-state index in [1.165, 1.54) is 11.0 Å². The zero-order valence-electron chi connectivity index (χ0n) is 59.4. The zero-order valence-corrected chi connectivity index (χ0v) is 59.4. The Morgan fingerprint density at radius 2 is 0.844 bits per heavy atom. The van der Waals surface area contributed by atoms with Gasteiger partial charge in [-0.2, -0.15) is 0 Å². The van der Waals surface area contributed by atoms with Gasteiger partial charge in [0.15, 0.2) is 0 Å². The summed E-state index contributed by atoms with van der Waals surface area (Å²) in [6, 6.07) is 63.1. The first-order chi connectivity index (χ1) is 53.2. The molecule has 15 heterocycles. The fraction of sp³-hybridized carbons (Fsp3) is 0.0761. The molecule has 6 aliphatic heterocycles. The Morgan fingerprint density at radius 3 is 1.35 bits per heavy atom. The molecule has 17 heteroatoms. The maximum absolute atomic E-state index is 13.7. The SMILES string of the molecule is CN(CCNC(=O)c1ccc(-c2c3nc(cc4[nH]c(cc5nc(cc6[nH]c2cc6C#Cc2ccc(-c6c7nc(cc8ccc(cc9nc(cc%10ccc6[nH]%10)C=C9)[nH]8)C=C7)cc2)CC5(C)C)cc4C#Cc2ccc(-c4c5nc(cc6ccc(cc7nc(cc8ccc4[nH]8)C=C7)[nH]6)C=C5)cc2)C=C3)cc1)C(=O)/C=C\C=O. The third kappa shape index (κ3) is 14.0. The fourth-order valence-electron chi connectivity index (χ4n) is 14.2. The highest BCUT2D eigenvalue weighted by Crippen LogP contribution is 2.37. The summed E-state index contributed by atoms with van der Waals surface area (Å²) < 4.78 is 0. The van der Waals surface area contributed by atoms with Crippen molar-refractivity contribution in [1.29, 1.82) is 0 Å². The molecule has 522 valence electrons. The Labute approximate surface area is 625 Å². The van der Waals surface area contributed by atoms with E-state index < -0.39 is 0 Å². The van der Waals surface area contributed by atoms with Crippen LogP contribution in [-0.2, 0) is 21.4 Å². The van der Waals surface area contributed by atoms with Gasteiger partial charge in [-0.05, 0) is 235 Å². The number of allylic oxidation sites excluding steroid dienone is 1. The number of carbonyl (C=O) groups excluding carboxylic acids is 3. The van der Waals surface area contributed by atoms with Crippen LogP contribution in [-0.4, -0.2) is 103 Å². The molecule has 0 spiro atoms. The number of aldehydes is 1. The number of nitrogens with zero attached hydrogens (tertiary/aromatic N) is 7. The molecule has 6 aliphatic rings. The van der Waals surface area contributed by atoms with Crippen LogP contribution in [0.4, 0.5) is 0 Å². The number of benzene rings is 3. The predicted molar refractivity (Wildman–Crippen MR) is 438 cm³/mol. The average Bonchev–Trinajstić information content (AvgIpc) is 1.65. The number of hydrogen-bond acceptors (Lipinski definition) is 9. The summed E-state index contributed by atoms with van der Waals surface area (Å²) in [6.45, 7) is 4.86. The molecule has 24 bridgehead atoms. The van der Waals surface area contributed by atoms with Crippen molar-refractivity contribution >= 4 is 145 Å². The number of aromatic amines is 6. The van der Waals surface area contributed by atoms with Crippen molar-refractivity contribution in [2.24, 2.45) is 0 Å². The molecule has 0 unspecified atom stereocenters. The maximum Gasteiger partial charge on any atom is 0.251 e. The van der Waals surface area contributed by atoms with Crippen LogP contribution >= 0.6 is 0 Å². The van der Waals surface area contributed by atoms with Crippen LogP contribution in [0.1, 0.15) is 115 Å². The quantitative estimate of drug-likeness (QED) is 0.0413. The van der Waals surface area contributed by atoms with Gasteiger partial charge in [-0.25, -0.2) is 24.9 Å². The van der Waals surface area contributed by atoms with Gasteiger partial charge in [-0.3, -0.25) is 19.4 Å². The second-order valence-corrected chi connectivity index (χ2v) is 28.0. The van der Waals surface area contributed by atoms with Gasteiger partial charge in [0.05, 0.1) is 79.1 Å². The maximum atomic E-state index is 13.7. The molecule has 3 aromatic carbocycles. The van der Waals surface area contributed by atoms with Gasteiger partial charge in [0.2, 0.25) is 5.91 Å². The lowest BCUT2D eigenvalue weighted by atomic mass is 9.87. The lowest BCUT2D eigenvalue weighted by Gasteiger charge is -2.15. The summed E-state index contributed by atoms with van der Waals surface area (Å²) in [7, 11) is 1.61. The second-order valence-electron chi connectivity index (χ2n) is 28.0. The Kier molecular flexibility index (Phi) is 16.8. The lowest BCUT2D eigenvalue weighted by molar-refractivity contribution is -0.124. The number of amides is 2. The van der Waals surface area contributed by atoms with Crippen molar-refractivity contribution in [1.82, 2.24) is 70.0 Å². The molecule has 0 radical (unpaired) electrons. The van der Waals surface area contributed by atoms with Crippen molar-refractivity contribution in [2.75, 3.05) is 20.1 Å². The van der Waals surface area contributed by atoms with E-state index in [0.717, 1.165) is 185 Å². The Morgan fingerprint density at radius 1 is 0.422 bits per heavy atom. The largest absolute Gasteiger partial charge is 0.355 e. The highest BCUT2D eigenvalue weighted by Gasteiger charge is 2.29. The van der Waals surface area contributed by atoms with E-state index in [1.54, 1.807) is 19.2 Å². The van der Waals surface area contributed by atoms with E-state index in [4.69, 9.17) is 29.9 Å². The Balaban J connectivity index is 0.726. The van der Waals surface area contributed by atoms with Crippen LogP contribution in [0, 0.1) is 23.7 Å². The van der Waals surface area contributed by atoms with E-state index in [1.807, 2.05) is 140 Å². The standard InChI is InChI=1S/C92H66N14O3/c1-92(2)54-77-52-84-62(17-11-56-8-14-58(15-9-56)89-80-37-32-73(100-80)49-69-28-24-65(96-69)46-66-25-29-70(97-66)50-74-33-38-81(89)101-74)44-85(105-84)90(59-18-20-60(21-19-59)91(109)93-40-41-106(3)87(108)5-4-42-107)82-39-34-75(102-82)51-83-61(43-76(103-83)53-86(92)104-77)16-10-55-6-12-57(13-7-55)88-78-35-30-71(98-78)47-67-26-22-63(94-67)45-64-23-27-68(95-64)48-72-31-36-79(88)99-72/h4-9,12-15,18-39,42-53,94,96,99,101,103,105H,40-41,54H2,1-3H3,(H,93,109)/b5-4-,63-45?,64-45?,65-46?,66-46?,67-47?,68-48?,69-49?,70-50?,71-47?,72-48?,73-49?,74-50?,75-51?,76-53?,77-52?,83-51?,84-52?,86-53?,88-78?,88-79?,89-80?,89-81?,90-82?,90-85?. The van der Waals surface area contributed by atoms with Crippen molar-refractivity contribution in [2.45, 2.75) is 25.7 Å². The molecular weight excluding hydrogens is 1350 g/mol. The number of carbonyl (C=O) groups is 3. The number of nitrogens with one attached hydrogen (secondary N) is 7. The molecule has 109 heavy (non-hydrogen) atoms. The molecule has 9 aromatic heterocycles. The molecule has 0 atom stereocenters. The molecule has 12 aromatic rings. The summed E-state index contributed by atoms with van der Waals surface area (Å²) in [5.74, 6) is 13.5. The molecule has 0 fully saturated rings. The minimum Gasteiger partial charge on any atom is -0.355 e. The normalized spacial score (nSPS) is 12.9. The third-order valence-corrected chi connectivity index (χ3v) is 19.7. The van der Waals surface area contributed by atoms with Crippen LogP contribution in [0.3, 0.4) is 0 Å². The summed E-state index contributed by atoms with van der Waals surface area (Å²) in [5.41, 5.74) is 29.1. The van der Waals surface area contributed by atoms with Crippen molar-refractivity contribution in [3.05, 3.63) is 296 Å². The van der Waals surface area contributed by atoms with Crippen LogP contribution in [0.15, 0.2) is 200 Å². The molecular formula is C92H66N14O3. The van der Waals surface area contributed by atoms with Gasteiger partial charge in [-0.1, -0.05) is 73.9 Å². The Hall–Kier alpha value is -14.8. The molecule has 18 rings (SSSR count). The number of H-pyrrole nitrogens is 6. The minimum atomic E-state index is -0.354. The number of likely N-dealkylation sites (N-methyl/N-ethyl adjacent to an activating group) is 1. The topological polar surface area (TPSA) is 239 Å². The highest BCUT2D eigenvalue weighted by molar-refractivity contribution is 5.98. The van der Waals surface area contributed by atoms with E-state index >= 15 is 0 Å². The first kappa shape index (κ1) is 66.2.